The first kappa shape index (κ1) is 26.7. The summed E-state index contributed by atoms with van der Waals surface area (Å²) in [5.41, 5.74) is -1.89. The number of benzene rings is 1. The molecule has 1 saturated heterocycles. The molecular weight excluding hydrogens is 531 g/mol. The molecule has 39 heavy (non-hydrogen) atoms. The maximum Gasteiger partial charge on any atom is 0.333 e. The van der Waals surface area contributed by atoms with Crippen LogP contribution in [-0.4, -0.2) is 62.0 Å². The molecule has 1 fully saturated rings. The van der Waals surface area contributed by atoms with E-state index in [0.717, 1.165) is 15.9 Å². The average molecular weight is 559 g/mol. The number of aromatic nitrogens is 5. The predicted octanol–water partition coefficient (Wildman–Crippen LogP) is 1.25. The van der Waals surface area contributed by atoms with Crippen molar-refractivity contribution in [2.75, 3.05) is 26.9 Å². The Balaban J connectivity index is 1.80. The minimum Gasteiger partial charge on any atom is -0.496 e. The number of halogens is 1. The molecule has 206 valence electrons. The Morgan fingerprint density at radius 2 is 2.00 bits per heavy atom. The van der Waals surface area contributed by atoms with Gasteiger partial charge in [-0.05, 0) is 38.5 Å². The molecule has 0 saturated carbocycles. The van der Waals surface area contributed by atoms with Crippen LogP contribution >= 0.6 is 11.3 Å². The van der Waals surface area contributed by atoms with Gasteiger partial charge in [-0.25, -0.2) is 13.8 Å². The zero-order valence-electron chi connectivity index (χ0n) is 21.5. The highest BCUT2D eigenvalue weighted by Crippen LogP contribution is 2.34. The Morgan fingerprint density at radius 3 is 2.64 bits per heavy atom. The predicted molar refractivity (Wildman–Crippen MR) is 140 cm³/mol. The maximum atomic E-state index is 14.3. The number of thiophene rings is 1. The van der Waals surface area contributed by atoms with Gasteiger partial charge in [0.1, 0.15) is 33.0 Å². The molecule has 0 bridgehead atoms. The second-order valence-corrected chi connectivity index (χ2v) is 10.3. The van der Waals surface area contributed by atoms with Crippen LogP contribution in [0.25, 0.3) is 15.2 Å². The van der Waals surface area contributed by atoms with Gasteiger partial charge in [0.25, 0.3) is 5.56 Å². The van der Waals surface area contributed by atoms with E-state index in [1.54, 1.807) is 13.8 Å². The van der Waals surface area contributed by atoms with Crippen LogP contribution in [0, 0.1) is 12.7 Å². The number of ether oxygens (including phenoxy) is 2. The molecule has 1 aliphatic heterocycles. The minimum atomic E-state index is -1.42. The quantitative estimate of drug-likeness (QED) is 0.313. The van der Waals surface area contributed by atoms with Gasteiger partial charge < -0.3 is 19.9 Å². The lowest BCUT2D eigenvalue weighted by Crippen LogP contribution is -2.53. The molecule has 14 heteroatoms. The van der Waals surface area contributed by atoms with Gasteiger partial charge in [-0.3, -0.25) is 14.2 Å². The van der Waals surface area contributed by atoms with Crippen LogP contribution < -0.4 is 21.3 Å². The van der Waals surface area contributed by atoms with Gasteiger partial charge in [0, 0.05) is 17.7 Å². The average Bonchev–Trinajstić information content (AvgIpc) is 3.64. The van der Waals surface area contributed by atoms with Gasteiger partial charge in [-0.15, -0.1) is 4.80 Å². The van der Waals surface area contributed by atoms with Crippen molar-refractivity contribution >= 4 is 27.5 Å². The fourth-order valence-corrected chi connectivity index (χ4v) is 6.16. The van der Waals surface area contributed by atoms with E-state index >= 15 is 0 Å². The molecule has 0 aliphatic carbocycles. The molecule has 3 aromatic heterocycles. The van der Waals surface area contributed by atoms with E-state index < -0.39 is 34.6 Å². The molecule has 2 unspecified atom stereocenters. The lowest BCUT2D eigenvalue weighted by Gasteiger charge is -2.26. The summed E-state index contributed by atoms with van der Waals surface area (Å²) in [5, 5.41) is 21.3. The van der Waals surface area contributed by atoms with E-state index in [1.807, 2.05) is 0 Å². The van der Waals surface area contributed by atoms with Gasteiger partial charge in [-0.2, -0.15) is 10.2 Å². The van der Waals surface area contributed by atoms with Crippen LogP contribution in [-0.2, 0) is 21.6 Å². The highest BCUT2D eigenvalue weighted by molar-refractivity contribution is 7.21. The molecule has 2 N–H and O–H groups in total. The minimum absolute atomic E-state index is 0.103. The molecule has 5 rings (SSSR count). The summed E-state index contributed by atoms with van der Waals surface area (Å²) in [4.78, 5) is 42.6. The fourth-order valence-electron chi connectivity index (χ4n) is 4.94. The monoisotopic (exact) mass is 558 g/mol. The van der Waals surface area contributed by atoms with Gasteiger partial charge in [0.05, 0.1) is 44.6 Å². The first-order valence-corrected chi connectivity index (χ1v) is 13.0. The summed E-state index contributed by atoms with van der Waals surface area (Å²) < 4.78 is 28.0. The van der Waals surface area contributed by atoms with Crippen molar-refractivity contribution in [3.05, 3.63) is 68.4 Å². The topological polar surface area (TPSA) is 142 Å². The molecule has 1 aliphatic rings. The summed E-state index contributed by atoms with van der Waals surface area (Å²) in [6.07, 6.45) is 2.28. The summed E-state index contributed by atoms with van der Waals surface area (Å²) >= 11 is 1.14. The first-order chi connectivity index (χ1) is 18.7. The van der Waals surface area contributed by atoms with E-state index in [0.29, 0.717) is 33.3 Å². The zero-order chi connectivity index (χ0) is 27.9. The number of hydrogen-bond acceptors (Lipinski definition) is 9. The SMILES string of the molecule is COc1ccc(F)cc1C(Cn1c(=O)n(C2(C)CCNC2=O)c(=O)c2c(C)c(-n3nccn3)sc21)OCCO. The number of carbonyl (C=O) groups is 1. The molecule has 12 nitrogen and oxygen atoms in total. The third-order valence-electron chi connectivity index (χ3n) is 6.97. The molecule has 1 aromatic carbocycles. The van der Waals surface area contributed by atoms with Crippen molar-refractivity contribution in [2.24, 2.45) is 0 Å². The lowest BCUT2D eigenvalue weighted by molar-refractivity contribution is -0.126. The third kappa shape index (κ3) is 4.43. The Kier molecular flexibility index (Phi) is 7.09. The molecule has 1 amide bonds. The van der Waals surface area contributed by atoms with Gasteiger partial charge in [0.2, 0.25) is 5.91 Å². The summed E-state index contributed by atoms with van der Waals surface area (Å²) in [5.74, 6) is -0.655. The van der Waals surface area contributed by atoms with Gasteiger partial charge >= 0.3 is 5.69 Å². The summed E-state index contributed by atoms with van der Waals surface area (Å²) in [6.45, 7) is 3.01. The van der Waals surface area contributed by atoms with Gasteiger partial charge in [0.15, 0.2) is 0 Å². The number of hydrogen-bond donors (Lipinski definition) is 2. The Bertz CT molecular complexity index is 1660. The molecule has 0 radical (unpaired) electrons. The molecule has 2 atom stereocenters. The number of amides is 1. The zero-order valence-corrected chi connectivity index (χ0v) is 22.3. The second kappa shape index (κ2) is 10.4. The smallest absolute Gasteiger partial charge is 0.333 e. The van der Waals surface area contributed by atoms with E-state index in [2.05, 4.69) is 15.5 Å². The van der Waals surface area contributed by atoms with Crippen LogP contribution in [0.1, 0.15) is 30.6 Å². The molecular formula is C25H27FN6O6S. The van der Waals surface area contributed by atoms with Crippen molar-refractivity contribution in [1.82, 2.24) is 29.4 Å². The van der Waals surface area contributed by atoms with Crippen LogP contribution in [0.4, 0.5) is 4.39 Å². The summed E-state index contributed by atoms with van der Waals surface area (Å²) in [7, 11) is 1.43. The molecule has 4 heterocycles. The number of nitrogens with one attached hydrogen (secondary N) is 1. The van der Waals surface area contributed by atoms with Crippen molar-refractivity contribution < 1.29 is 23.8 Å². The highest BCUT2D eigenvalue weighted by Gasteiger charge is 2.43. The number of fused-ring (bicyclic) bond motifs is 1. The maximum absolute atomic E-state index is 14.3. The fraction of sp³-hybridized carbons (Fsp3) is 0.400. The normalized spacial score (nSPS) is 18.0. The van der Waals surface area contributed by atoms with Crippen molar-refractivity contribution in [3.63, 3.8) is 0 Å². The highest BCUT2D eigenvalue weighted by atomic mass is 32.1. The molecule has 4 aromatic rings. The van der Waals surface area contributed by atoms with E-state index in [-0.39, 0.29) is 31.6 Å². The number of aliphatic hydroxyl groups excluding tert-OH is 1. The summed E-state index contributed by atoms with van der Waals surface area (Å²) in [6, 6.07) is 3.92. The Hall–Kier alpha value is -3.88. The first-order valence-electron chi connectivity index (χ1n) is 12.2. The molecule has 0 spiro atoms. The number of aliphatic hydroxyl groups is 1. The van der Waals surface area contributed by atoms with Crippen molar-refractivity contribution in [2.45, 2.75) is 38.5 Å². The van der Waals surface area contributed by atoms with Crippen molar-refractivity contribution in [3.8, 4) is 10.8 Å². The second-order valence-electron chi connectivity index (χ2n) is 9.31. The Labute approximate surface area is 225 Å². The number of carbonyl (C=O) groups excluding carboxylic acids is 1. The number of rotatable bonds is 9. The largest absolute Gasteiger partial charge is 0.496 e. The lowest BCUT2D eigenvalue weighted by atomic mass is 10.00. The van der Waals surface area contributed by atoms with E-state index in [9.17, 15) is 23.9 Å². The van der Waals surface area contributed by atoms with E-state index in [4.69, 9.17) is 9.47 Å². The number of aryl methyl sites for hydroxylation is 1. The van der Waals surface area contributed by atoms with Gasteiger partial charge in [-0.1, -0.05) is 11.3 Å². The Morgan fingerprint density at radius 1 is 1.26 bits per heavy atom. The third-order valence-corrected chi connectivity index (χ3v) is 8.25. The number of methoxy groups -OCH3 is 1. The van der Waals surface area contributed by atoms with Crippen LogP contribution in [0.5, 0.6) is 5.75 Å². The van der Waals surface area contributed by atoms with Crippen molar-refractivity contribution in [1.29, 1.82) is 0 Å². The van der Waals surface area contributed by atoms with E-state index in [1.165, 1.54) is 47.1 Å². The van der Waals surface area contributed by atoms with Crippen LogP contribution in [0.15, 0.2) is 40.2 Å². The van der Waals surface area contributed by atoms with Crippen LogP contribution in [0.2, 0.25) is 0 Å². The number of nitrogens with zero attached hydrogens (tertiary/aromatic N) is 5. The van der Waals surface area contributed by atoms with Crippen LogP contribution in [0.3, 0.4) is 0 Å². The standard InChI is InChI=1S/C25H27FN6O6S/c1-14-19-20(34)31(25(2)6-7-27-23(25)35)24(36)30(22(19)39-21(14)32-28-8-9-29-32)13-18(38-11-10-33)16-12-15(26)4-5-17(16)37-3/h4-5,8-9,12,18,33H,6-7,10-11,13H2,1-3H3,(H,27,35).